The first kappa shape index (κ1) is 12.2. The number of carbonyl (C=O) groups is 2. The summed E-state index contributed by atoms with van der Waals surface area (Å²) in [4.78, 5) is 24.2. The van der Waals surface area contributed by atoms with Crippen LogP contribution >= 0.6 is 0 Å². The van der Waals surface area contributed by atoms with Crippen molar-refractivity contribution in [2.24, 2.45) is 5.92 Å². The fraction of sp³-hybridized carbons (Fsp3) is 0.833. The minimum absolute atomic E-state index is 0.0310. The standard InChI is InChI=1S/C12H20N2O3/c15-11(16)6-5-9-7-13-12(17)14(8-9)10-3-1-2-4-10/h9-10H,1-8H2,(H,13,17)(H,15,16). The van der Waals surface area contributed by atoms with Gasteiger partial charge in [-0.2, -0.15) is 0 Å². The third-order valence-corrected chi connectivity index (χ3v) is 3.79. The third-order valence-electron chi connectivity index (χ3n) is 3.79. The highest BCUT2D eigenvalue weighted by atomic mass is 16.4. The van der Waals surface area contributed by atoms with Crippen LogP contribution in [-0.4, -0.2) is 41.1 Å². The lowest BCUT2D eigenvalue weighted by molar-refractivity contribution is -0.137. The van der Waals surface area contributed by atoms with Gasteiger partial charge in [0.2, 0.25) is 0 Å². The summed E-state index contributed by atoms with van der Waals surface area (Å²) in [6.07, 6.45) is 5.44. The number of hydrogen-bond acceptors (Lipinski definition) is 2. The SMILES string of the molecule is O=C(O)CCC1CNC(=O)N(C2CCCC2)C1. The van der Waals surface area contributed by atoms with Crippen LogP contribution in [0.2, 0.25) is 0 Å². The highest BCUT2D eigenvalue weighted by Gasteiger charge is 2.32. The molecule has 0 aromatic rings. The number of hydrogen-bond donors (Lipinski definition) is 2. The molecule has 17 heavy (non-hydrogen) atoms. The normalized spacial score (nSPS) is 26.0. The number of carboxylic acids is 1. The Bertz CT molecular complexity index is 300. The second-order valence-electron chi connectivity index (χ2n) is 5.08. The summed E-state index contributed by atoms with van der Waals surface area (Å²) in [6.45, 7) is 1.35. The third kappa shape index (κ3) is 3.11. The quantitative estimate of drug-likeness (QED) is 0.781. The van der Waals surface area contributed by atoms with Gasteiger partial charge in [0, 0.05) is 25.6 Å². The lowest BCUT2D eigenvalue weighted by Crippen LogP contribution is -2.54. The highest BCUT2D eigenvalue weighted by molar-refractivity contribution is 5.75. The first-order valence-corrected chi connectivity index (χ1v) is 6.43. The topological polar surface area (TPSA) is 69.6 Å². The molecule has 5 nitrogen and oxygen atoms in total. The fourth-order valence-corrected chi connectivity index (χ4v) is 2.81. The molecule has 0 aromatic carbocycles. The summed E-state index contributed by atoms with van der Waals surface area (Å²) < 4.78 is 0. The average molecular weight is 240 g/mol. The van der Waals surface area contributed by atoms with Crippen LogP contribution in [0.5, 0.6) is 0 Å². The first-order valence-electron chi connectivity index (χ1n) is 6.43. The number of carboxylic acid groups (broad SMARTS) is 1. The molecule has 2 fully saturated rings. The van der Waals surface area contributed by atoms with Crippen LogP contribution in [0.25, 0.3) is 0 Å². The first-order chi connectivity index (χ1) is 8.16. The number of nitrogens with one attached hydrogen (secondary N) is 1. The molecule has 5 heteroatoms. The van der Waals surface area contributed by atoms with Crippen molar-refractivity contribution in [3.63, 3.8) is 0 Å². The fourth-order valence-electron chi connectivity index (χ4n) is 2.81. The largest absolute Gasteiger partial charge is 0.481 e. The van der Waals surface area contributed by atoms with Crippen LogP contribution in [0.1, 0.15) is 38.5 Å². The van der Waals surface area contributed by atoms with Gasteiger partial charge >= 0.3 is 12.0 Å². The Balaban J connectivity index is 1.87. The van der Waals surface area contributed by atoms with E-state index in [0.717, 1.165) is 19.4 Å². The summed E-state index contributed by atoms with van der Waals surface area (Å²) in [5, 5.41) is 11.5. The molecule has 1 atom stereocenters. The number of amides is 2. The van der Waals surface area contributed by atoms with E-state index in [9.17, 15) is 9.59 Å². The maximum atomic E-state index is 11.8. The molecule has 0 radical (unpaired) electrons. The van der Waals surface area contributed by atoms with Crippen LogP contribution in [-0.2, 0) is 4.79 Å². The summed E-state index contributed by atoms with van der Waals surface area (Å²) >= 11 is 0. The van der Waals surface area contributed by atoms with E-state index < -0.39 is 5.97 Å². The van der Waals surface area contributed by atoms with E-state index in [1.54, 1.807) is 0 Å². The Morgan fingerprint density at radius 1 is 1.41 bits per heavy atom. The summed E-state index contributed by atoms with van der Waals surface area (Å²) in [7, 11) is 0. The van der Waals surface area contributed by atoms with Gasteiger partial charge < -0.3 is 15.3 Å². The van der Waals surface area contributed by atoms with E-state index in [1.807, 2.05) is 4.90 Å². The van der Waals surface area contributed by atoms with Gasteiger partial charge in [-0.05, 0) is 25.2 Å². The van der Waals surface area contributed by atoms with Gasteiger partial charge in [0.05, 0.1) is 0 Å². The predicted octanol–water partition coefficient (Wildman–Crippen LogP) is 1.44. The van der Waals surface area contributed by atoms with E-state index in [4.69, 9.17) is 5.11 Å². The van der Waals surface area contributed by atoms with E-state index in [0.29, 0.717) is 19.0 Å². The van der Waals surface area contributed by atoms with Crippen LogP contribution in [0.4, 0.5) is 4.79 Å². The average Bonchev–Trinajstić information content (AvgIpc) is 2.81. The molecule has 96 valence electrons. The summed E-state index contributed by atoms with van der Waals surface area (Å²) in [5.74, 6) is -0.473. The van der Waals surface area contributed by atoms with E-state index in [1.165, 1.54) is 12.8 Å². The van der Waals surface area contributed by atoms with Crippen molar-refractivity contribution in [2.45, 2.75) is 44.6 Å². The summed E-state index contributed by atoms with van der Waals surface area (Å²) in [5.41, 5.74) is 0. The van der Waals surface area contributed by atoms with Crippen LogP contribution < -0.4 is 5.32 Å². The van der Waals surface area contributed by atoms with Crippen molar-refractivity contribution in [1.29, 1.82) is 0 Å². The Hall–Kier alpha value is -1.26. The molecule has 1 saturated heterocycles. The molecule has 2 N–H and O–H groups in total. The van der Waals surface area contributed by atoms with Crippen molar-refractivity contribution >= 4 is 12.0 Å². The van der Waals surface area contributed by atoms with E-state index >= 15 is 0 Å². The van der Waals surface area contributed by atoms with Gasteiger partial charge in [-0.3, -0.25) is 4.79 Å². The molecule has 1 aliphatic heterocycles. The second-order valence-corrected chi connectivity index (χ2v) is 5.08. The van der Waals surface area contributed by atoms with Gasteiger partial charge in [-0.15, -0.1) is 0 Å². The molecule has 1 aliphatic carbocycles. The Morgan fingerprint density at radius 2 is 2.12 bits per heavy atom. The van der Waals surface area contributed by atoms with Crippen molar-refractivity contribution in [1.82, 2.24) is 10.2 Å². The molecule has 0 aromatic heterocycles. The van der Waals surface area contributed by atoms with Gasteiger partial charge in [-0.25, -0.2) is 4.79 Å². The molecule has 0 bridgehead atoms. The lowest BCUT2D eigenvalue weighted by Gasteiger charge is -2.37. The number of urea groups is 1. The molecular weight excluding hydrogens is 220 g/mol. The van der Waals surface area contributed by atoms with Crippen molar-refractivity contribution in [2.75, 3.05) is 13.1 Å². The van der Waals surface area contributed by atoms with E-state index in [-0.39, 0.29) is 18.4 Å². The zero-order valence-electron chi connectivity index (χ0n) is 10.0. The molecule has 2 rings (SSSR count). The number of carbonyl (C=O) groups excluding carboxylic acids is 1. The molecule has 2 aliphatic rings. The monoisotopic (exact) mass is 240 g/mol. The van der Waals surface area contributed by atoms with Crippen LogP contribution in [0.15, 0.2) is 0 Å². The van der Waals surface area contributed by atoms with E-state index in [2.05, 4.69) is 5.32 Å². The zero-order chi connectivity index (χ0) is 12.3. The van der Waals surface area contributed by atoms with Crippen LogP contribution in [0, 0.1) is 5.92 Å². The Kier molecular flexibility index (Phi) is 3.86. The number of rotatable bonds is 4. The molecule has 1 heterocycles. The summed E-state index contributed by atoms with van der Waals surface area (Å²) in [6, 6.07) is 0.408. The predicted molar refractivity (Wildman–Crippen MR) is 62.7 cm³/mol. The minimum atomic E-state index is -0.755. The maximum Gasteiger partial charge on any atom is 0.317 e. The van der Waals surface area contributed by atoms with Gasteiger partial charge in [0.1, 0.15) is 0 Å². The zero-order valence-corrected chi connectivity index (χ0v) is 10.0. The molecule has 0 spiro atoms. The number of aliphatic carboxylic acids is 1. The smallest absolute Gasteiger partial charge is 0.317 e. The van der Waals surface area contributed by atoms with Gasteiger partial charge in [0.25, 0.3) is 0 Å². The van der Waals surface area contributed by atoms with Gasteiger partial charge in [-0.1, -0.05) is 12.8 Å². The van der Waals surface area contributed by atoms with Crippen molar-refractivity contribution in [3.8, 4) is 0 Å². The Labute approximate surface area is 101 Å². The molecule has 1 saturated carbocycles. The Morgan fingerprint density at radius 3 is 2.76 bits per heavy atom. The molecular formula is C12H20N2O3. The van der Waals surface area contributed by atoms with Crippen LogP contribution in [0.3, 0.4) is 0 Å². The highest BCUT2D eigenvalue weighted by Crippen LogP contribution is 2.26. The lowest BCUT2D eigenvalue weighted by atomic mass is 9.99. The second kappa shape index (κ2) is 5.38. The van der Waals surface area contributed by atoms with Gasteiger partial charge in [0.15, 0.2) is 0 Å². The molecule has 1 unspecified atom stereocenters. The number of nitrogens with zero attached hydrogens (tertiary/aromatic N) is 1. The minimum Gasteiger partial charge on any atom is -0.481 e. The van der Waals surface area contributed by atoms with Crippen molar-refractivity contribution < 1.29 is 14.7 Å². The maximum absolute atomic E-state index is 11.8. The molecule has 2 amide bonds. The van der Waals surface area contributed by atoms with Crippen molar-refractivity contribution in [3.05, 3.63) is 0 Å².